The molecular weight excluding hydrogens is 252 g/mol. The quantitative estimate of drug-likeness (QED) is 0.744. The number of ether oxygens (including phenoxy) is 1. The summed E-state index contributed by atoms with van der Waals surface area (Å²) in [4.78, 5) is 0. The van der Waals surface area contributed by atoms with Crippen molar-refractivity contribution in [1.29, 1.82) is 0 Å². The zero-order chi connectivity index (χ0) is 13.4. The number of nitrogens with one attached hydrogen (secondary N) is 1. The molecule has 3 N–H and O–H groups in total. The Morgan fingerprint density at radius 2 is 1.74 bits per heavy atom. The highest BCUT2D eigenvalue weighted by atomic mass is 19.1. The fraction of sp³-hybridized carbons (Fsp3) is 0. The number of anilines is 1. The van der Waals surface area contributed by atoms with Crippen LogP contribution in [0.3, 0.4) is 0 Å². The maximum Gasteiger partial charge on any atom is 0.153 e. The molecule has 6 heteroatoms. The van der Waals surface area contributed by atoms with Gasteiger partial charge in [0, 0.05) is 23.6 Å². The summed E-state index contributed by atoms with van der Waals surface area (Å²) in [6.07, 6.45) is 0. The van der Waals surface area contributed by atoms with E-state index in [-0.39, 0.29) is 5.75 Å². The van der Waals surface area contributed by atoms with E-state index >= 15 is 0 Å². The van der Waals surface area contributed by atoms with E-state index in [0.717, 1.165) is 23.7 Å². The molecule has 0 saturated heterocycles. The Balaban J connectivity index is 1.98. The number of halogens is 2. The second-order valence-corrected chi connectivity index (χ2v) is 4.02. The summed E-state index contributed by atoms with van der Waals surface area (Å²) in [5.74, 6) is -0.548. The summed E-state index contributed by atoms with van der Waals surface area (Å²) >= 11 is 0. The van der Waals surface area contributed by atoms with Crippen LogP contribution in [0.4, 0.5) is 14.6 Å². The number of fused-ring (bicyclic) bond motifs is 1. The lowest BCUT2D eigenvalue weighted by atomic mass is 10.2. The van der Waals surface area contributed by atoms with Crippen molar-refractivity contribution < 1.29 is 13.5 Å². The topological polar surface area (TPSA) is 63.9 Å². The van der Waals surface area contributed by atoms with Crippen molar-refractivity contribution in [2.45, 2.75) is 0 Å². The van der Waals surface area contributed by atoms with Gasteiger partial charge in [-0.15, -0.1) is 0 Å². The summed E-state index contributed by atoms with van der Waals surface area (Å²) < 4.78 is 31.5. The molecule has 0 bridgehead atoms. The van der Waals surface area contributed by atoms with Crippen LogP contribution < -0.4 is 10.5 Å². The standard InChI is InChI=1S/C13H9F2N3O/c14-7-3-8(15)5-10(4-7)19-9-1-2-12-11(6-9)13(16)18-17-12/h1-6H,(H3,16,17,18). The number of nitrogens with zero attached hydrogens (tertiary/aromatic N) is 1. The molecular formula is C13H9F2N3O. The lowest BCUT2D eigenvalue weighted by Crippen LogP contribution is -1.88. The van der Waals surface area contributed by atoms with Gasteiger partial charge in [0.25, 0.3) is 0 Å². The van der Waals surface area contributed by atoms with E-state index in [4.69, 9.17) is 10.5 Å². The van der Waals surface area contributed by atoms with Gasteiger partial charge in [0.2, 0.25) is 0 Å². The van der Waals surface area contributed by atoms with Crippen molar-refractivity contribution in [3.63, 3.8) is 0 Å². The summed E-state index contributed by atoms with van der Waals surface area (Å²) in [7, 11) is 0. The molecule has 0 radical (unpaired) electrons. The number of hydrogen-bond donors (Lipinski definition) is 2. The minimum Gasteiger partial charge on any atom is -0.457 e. The molecule has 2 aromatic carbocycles. The van der Waals surface area contributed by atoms with Gasteiger partial charge in [-0.1, -0.05) is 0 Å². The highest BCUT2D eigenvalue weighted by Crippen LogP contribution is 2.28. The third kappa shape index (κ3) is 2.20. The second-order valence-electron chi connectivity index (χ2n) is 4.02. The molecule has 0 atom stereocenters. The predicted octanol–water partition coefficient (Wildman–Crippen LogP) is 3.22. The average molecular weight is 261 g/mol. The van der Waals surface area contributed by atoms with E-state index in [2.05, 4.69) is 10.2 Å². The lowest BCUT2D eigenvalue weighted by Gasteiger charge is -2.06. The van der Waals surface area contributed by atoms with Crippen LogP contribution in [0, 0.1) is 11.6 Å². The van der Waals surface area contributed by atoms with Crippen molar-refractivity contribution in [1.82, 2.24) is 10.2 Å². The van der Waals surface area contributed by atoms with Crippen LogP contribution in [-0.2, 0) is 0 Å². The number of nitrogens with two attached hydrogens (primary N) is 1. The van der Waals surface area contributed by atoms with Crippen molar-refractivity contribution in [3.05, 3.63) is 48.0 Å². The van der Waals surface area contributed by atoms with Crippen molar-refractivity contribution in [3.8, 4) is 11.5 Å². The Morgan fingerprint density at radius 3 is 2.47 bits per heavy atom. The zero-order valence-electron chi connectivity index (χ0n) is 9.65. The maximum absolute atomic E-state index is 13.0. The first-order valence-electron chi connectivity index (χ1n) is 5.49. The first kappa shape index (κ1) is 11.5. The minimum atomic E-state index is -0.695. The van der Waals surface area contributed by atoms with Crippen LogP contribution in [0.2, 0.25) is 0 Å². The van der Waals surface area contributed by atoms with Crippen molar-refractivity contribution in [2.24, 2.45) is 0 Å². The number of benzene rings is 2. The summed E-state index contributed by atoms with van der Waals surface area (Å²) in [5, 5.41) is 7.29. The molecule has 0 aliphatic rings. The van der Waals surface area contributed by atoms with Gasteiger partial charge in [0.05, 0.1) is 5.52 Å². The molecule has 96 valence electrons. The smallest absolute Gasteiger partial charge is 0.153 e. The largest absolute Gasteiger partial charge is 0.457 e. The molecule has 0 fully saturated rings. The van der Waals surface area contributed by atoms with Gasteiger partial charge in [-0.25, -0.2) is 8.78 Å². The number of rotatable bonds is 2. The number of nitrogen functional groups attached to an aromatic ring is 1. The van der Waals surface area contributed by atoms with E-state index in [0.29, 0.717) is 17.0 Å². The normalized spacial score (nSPS) is 10.8. The monoisotopic (exact) mass is 261 g/mol. The van der Waals surface area contributed by atoms with Crippen LogP contribution in [0.1, 0.15) is 0 Å². The minimum absolute atomic E-state index is 0.0823. The molecule has 0 spiro atoms. The Hall–Kier alpha value is -2.63. The van der Waals surface area contributed by atoms with Gasteiger partial charge >= 0.3 is 0 Å². The number of H-pyrrole nitrogens is 1. The number of hydrogen-bond acceptors (Lipinski definition) is 3. The van der Waals surface area contributed by atoms with E-state index in [1.54, 1.807) is 18.2 Å². The van der Waals surface area contributed by atoms with E-state index in [1.807, 2.05) is 0 Å². The van der Waals surface area contributed by atoms with Crippen LogP contribution in [-0.4, -0.2) is 10.2 Å². The van der Waals surface area contributed by atoms with E-state index in [1.165, 1.54) is 0 Å². The zero-order valence-corrected chi connectivity index (χ0v) is 9.65. The molecule has 4 nitrogen and oxygen atoms in total. The lowest BCUT2D eigenvalue weighted by molar-refractivity contribution is 0.469. The Morgan fingerprint density at radius 1 is 1.00 bits per heavy atom. The van der Waals surface area contributed by atoms with Crippen LogP contribution in [0.15, 0.2) is 36.4 Å². The molecule has 0 unspecified atom stereocenters. The number of aromatic nitrogens is 2. The van der Waals surface area contributed by atoms with Gasteiger partial charge in [-0.05, 0) is 18.2 Å². The fourth-order valence-corrected chi connectivity index (χ4v) is 1.80. The molecule has 0 aliphatic carbocycles. The van der Waals surface area contributed by atoms with Gasteiger partial charge < -0.3 is 10.5 Å². The molecule has 1 heterocycles. The molecule has 3 aromatic rings. The summed E-state index contributed by atoms with van der Waals surface area (Å²) in [5.41, 5.74) is 6.43. The third-order valence-corrected chi connectivity index (χ3v) is 2.64. The highest BCUT2D eigenvalue weighted by molar-refractivity contribution is 5.89. The molecule has 3 rings (SSSR count). The molecule has 1 aromatic heterocycles. The second kappa shape index (κ2) is 4.24. The first-order chi connectivity index (χ1) is 9.11. The van der Waals surface area contributed by atoms with Crippen LogP contribution in [0.5, 0.6) is 11.5 Å². The predicted molar refractivity (Wildman–Crippen MR) is 66.9 cm³/mol. The van der Waals surface area contributed by atoms with E-state index < -0.39 is 11.6 Å². The van der Waals surface area contributed by atoms with Crippen LogP contribution in [0.25, 0.3) is 10.9 Å². The Kier molecular flexibility index (Phi) is 2.56. The van der Waals surface area contributed by atoms with Crippen LogP contribution >= 0.6 is 0 Å². The Bertz CT molecular complexity index is 734. The van der Waals surface area contributed by atoms with Crippen molar-refractivity contribution >= 4 is 16.7 Å². The number of aromatic amines is 1. The van der Waals surface area contributed by atoms with Gasteiger partial charge in [-0.2, -0.15) is 5.10 Å². The SMILES string of the molecule is Nc1n[nH]c2ccc(Oc3cc(F)cc(F)c3)cc12. The molecule has 0 saturated carbocycles. The van der Waals surface area contributed by atoms with Gasteiger partial charge in [0.1, 0.15) is 23.1 Å². The highest BCUT2D eigenvalue weighted by Gasteiger charge is 2.06. The Labute approximate surface area is 106 Å². The third-order valence-electron chi connectivity index (χ3n) is 2.64. The molecule has 19 heavy (non-hydrogen) atoms. The molecule has 0 aliphatic heterocycles. The molecule has 0 amide bonds. The maximum atomic E-state index is 13.0. The first-order valence-corrected chi connectivity index (χ1v) is 5.49. The average Bonchev–Trinajstić information content (AvgIpc) is 2.70. The van der Waals surface area contributed by atoms with Crippen molar-refractivity contribution in [2.75, 3.05) is 5.73 Å². The van der Waals surface area contributed by atoms with E-state index in [9.17, 15) is 8.78 Å². The summed E-state index contributed by atoms with van der Waals surface area (Å²) in [6.45, 7) is 0. The fourth-order valence-electron chi connectivity index (χ4n) is 1.80. The summed E-state index contributed by atoms with van der Waals surface area (Å²) in [6, 6.07) is 8.02. The van der Waals surface area contributed by atoms with Gasteiger partial charge in [0.15, 0.2) is 5.82 Å². The van der Waals surface area contributed by atoms with Gasteiger partial charge in [-0.3, -0.25) is 5.10 Å².